The quantitative estimate of drug-likeness (QED) is 0.202. The molecule has 166 valence electrons. The van der Waals surface area contributed by atoms with Crippen LogP contribution < -0.4 is 5.73 Å². The molecule has 0 heterocycles. The van der Waals surface area contributed by atoms with E-state index in [0.717, 1.165) is 12.8 Å². The van der Waals surface area contributed by atoms with Gasteiger partial charge in [-0.25, -0.2) is 9.59 Å². The Kier molecular flexibility index (Phi) is 10.7. The average molecular weight is 413 g/mol. The average Bonchev–Trinajstić information content (AvgIpc) is 2.64. The Morgan fingerprint density at radius 1 is 1.14 bits per heavy atom. The van der Waals surface area contributed by atoms with Gasteiger partial charge in [0.15, 0.2) is 0 Å². The minimum absolute atomic E-state index is 0.102. The lowest BCUT2D eigenvalue weighted by atomic mass is 9.84. The Labute approximate surface area is 173 Å². The maximum absolute atomic E-state index is 12.5. The molecule has 8 nitrogen and oxygen atoms in total. The fourth-order valence-electron chi connectivity index (χ4n) is 3.43. The van der Waals surface area contributed by atoms with Crippen LogP contribution in [0.5, 0.6) is 0 Å². The minimum Gasteiger partial charge on any atom is -0.460 e. The van der Waals surface area contributed by atoms with Crippen molar-refractivity contribution in [3.8, 4) is 0 Å². The van der Waals surface area contributed by atoms with Crippen molar-refractivity contribution < 1.29 is 28.7 Å². The van der Waals surface area contributed by atoms with Gasteiger partial charge in [-0.15, -0.1) is 0 Å². The summed E-state index contributed by atoms with van der Waals surface area (Å²) in [5, 5.41) is 3.36. The highest BCUT2D eigenvalue weighted by Gasteiger charge is 2.28. The summed E-state index contributed by atoms with van der Waals surface area (Å²) in [4.78, 5) is 41.0. The highest BCUT2D eigenvalue weighted by Crippen LogP contribution is 2.29. The maximum Gasteiger partial charge on any atom is 0.377 e. The molecule has 0 aromatic rings. The van der Waals surface area contributed by atoms with Gasteiger partial charge in [0.05, 0.1) is 18.9 Å². The summed E-state index contributed by atoms with van der Waals surface area (Å²) in [5.41, 5.74) is 4.80. The molecule has 0 aliphatic heterocycles. The molecule has 0 radical (unpaired) electrons. The van der Waals surface area contributed by atoms with E-state index in [4.69, 9.17) is 15.3 Å². The molecule has 8 heteroatoms. The van der Waals surface area contributed by atoms with Crippen LogP contribution in [0.3, 0.4) is 0 Å². The number of amidine groups is 1. The summed E-state index contributed by atoms with van der Waals surface area (Å²) in [6, 6.07) is 0. The van der Waals surface area contributed by atoms with Crippen molar-refractivity contribution >= 4 is 23.7 Å². The molecule has 0 aromatic carbocycles. The van der Waals surface area contributed by atoms with Crippen LogP contribution in [0.1, 0.15) is 85.5 Å². The zero-order valence-corrected chi connectivity index (χ0v) is 18.2. The Hall–Kier alpha value is -2.12. The van der Waals surface area contributed by atoms with Crippen molar-refractivity contribution in [3.63, 3.8) is 0 Å². The van der Waals surface area contributed by atoms with Crippen LogP contribution in [0.2, 0.25) is 0 Å². The van der Waals surface area contributed by atoms with Gasteiger partial charge in [-0.3, -0.25) is 4.79 Å². The molecule has 1 fully saturated rings. The standard InChI is InChI=1S/C21H36N2O6/c1-5-27-20(26)18(22)23-29-19(25)16(14-17(24)28-21(2,3)4)13-9-12-15-10-7-6-8-11-15/h15-16H,5-14H2,1-4H3,(H2,22,23). The van der Waals surface area contributed by atoms with Gasteiger partial charge < -0.3 is 20.0 Å². The number of ether oxygens (including phenoxy) is 2. The van der Waals surface area contributed by atoms with E-state index in [-0.39, 0.29) is 13.0 Å². The second-order valence-corrected chi connectivity index (χ2v) is 8.53. The van der Waals surface area contributed by atoms with E-state index in [9.17, 15) is 14.4 Å². The van der Waals surface area contributed by atoms with E-state index >= 15 is 0 Å². The van der Waals surface area contributed by atoms with E-state index in [2.05, 4.69) is 9.89 Å². The number of hydrogen-bond acceptors (Lipinski definition) is 7. The lowest BCUT2D eigenvalue weighted by molar-refractivity contribution is -0.162. The van der Waals surface area contributed by atoms with Gasteiger partial charge in [0.2, 0.25) is 5.84 Å². The summed E-state index contributed by atoms with van der Waals surface area (Å²) in [5.74, 6) is -2.60. The number of oxime groups is 1. The maximum atomic E-state index is 12.5. The molecular weight excluding hydrogens is 376 g/mol. The lowest BCUT2D eigenvalue weighted by Crippen LogP contribution is -2.29. The first-order valence-electron chi connectivity index (χ1n) is 10.6. The molecule has 1 atom stereocenters. The SMILES string of the molecule is CCOC(=O)/C(N)=N/OC(=O)C(CCCC1CCCCC1)CC(=O)OC(C)(C)C. The minimum atomic E-state index is -0.860. The summed E-state index contributed by atoms with van der Waals surface area (Å²) in [6.07, 6.45) is 8.48. The van der Waals surface area contributed by atoms with E-state index in [1.807, 2.05) is 0 Å². The predicted molar refractivity (Wildman–Crippen MR) is 109 cm³/mol. The molecule has 0 amide bonds. The highest BCUT2D eigenvalue weighted by atomic mass is 16.7. The first-order valence-corrected chi connectivity index (χ1v) is 10.6. The van der Waals surface area contributed by atoms with Crippen LogP contribution in [0.15, 0.2) is 5.16 Å². The summed E-state index contributed by atoms with van der Waals surface area (Å²) in [7, 11) is 0. The molecule has 2 N–H and O–H groups in total. The van der Waals surface area contributed by atoms with E-state index in [0.29, 0.717) is 12.3 Å². The molecule has 1 aliphatic rings. The van der Waals surface area contributed by atoms with Crippen LogP contribution in [0, 0.1) is 11.8 Å². The molecule has 0 bridgehead atoms. The summed E-state index contributed by atoms with van der Waals surface area (Å²) in [6.45, 7) is 7.06. The number of carbonyl (C=O) groups is 3. The van der Waals surface area contributed by atoms with E-state index < -0.39 is 35.3 Å². The largest absolute Gasteiger partial charge is 0.460 e. The van der Waals surface area contributed by atoms with E-state index in [1.54, 1.807) is 27.7 Å². The third-order valence-corrected chi connectivity index (χ3v) is 4.77. The van der Waals surface area contributed by atoms with Crippen molar-refractivity contribution in [1.29, 1.82) is 0 Å². The van der Waals surface area contributed by atoms with Crippen molar-refractivity contribution in [1.82, 2.24) is 0 Å². The van der Waals surface area contributed by atoms with Crippen LogP contribution >= 0.6 is 0 Å². The van der Waals surface area contributed by atoms with Gasteiger partial charge in [-0.2, -0.15) is 0 Å². The molecule has 1 saturated carbocycles. The van der Waals surface area contributed by atoms with Crippen molar-refractivity contribution in [3.05, 3.63) is 0 Å². The van der Waals surface area contributed by atoms with Crippen molar-refractivity contribution in [2.24, 2.45) is 22.7 Å². The predicted octanol–water partition coefficient (Wildman–Crippen LogP) is 3.46. The molecule has 1 rings (SSSR count). The van der Waals surface area contributed by atoms with Gasteiger partial charge >= 0.3 is 17.9 Å². The fourth-order valence-corrected chi connectivity index (χ4v) is 3.43. The van der Waals surface area contributed by atoms with E-state index in [1.165, 1.54) is 32.1 Å². The second kappa shape index (κ2) is 12.4. The first-order chi connectivity index (χ1) is 13.6. The van der Waals surface area contributed by atoms with Gasteiger partial charge in [0.1, 0.15) is 5.60 Å². The topological polar surface area (TPSA) is 117 Å². The molecule has 0 saturated heterocycles. The summed E-state index contributed by atoms with van der Waals surface area (Å²) >= 11 is 0. The highest BCUT2D eigenvalue weighted by molar-refractivity contribution is 6.34. The number of nitrogens with two attached hydrogens (primary N) is 1. The van der Waals surface area contributed by atoms with Crippen molar-refractivity contribution in [2.45, 2.75) is 91.1 Å². The Morgan fingerprint density at radius 2 is 1.79 bits per heavy atom. The van der Waals surface area contributed by atoms with Crippen molar-refractivity contribution in [2.75, 3.05) is 6.61 Å². The lowest BCUT2D eigenvalue weighted by Gasteiger charge is -2.23. The monoisotopic (exact) mass is 412 g/mol. The smallest absolute Gasteiger partial charge is 0.377 e. The summed E-state index contributed by atoms with van der Waals surface area (Å²) < 4.78 is 10.0. The van der Waals surface area contributed by atoms with Crippen LogP contribution in [0.25, 0.3) is 0 Å². The normalized spacial score (nSPS) is 16.8. The number of nitrogens with zero attached hydrogens (tertiary/aromatic N) is 1. The zero-order chi connectivity index (χ0) is 21.9. The third-order valence-electron chi connectivity index (χ3n) is 4.77. The Bertz CT molecular complexity index is 576. The number of hydrogen-bond donors (Lipinski definition) is 1. The third kappa shape index (κ3) is 10.9. The molecule has 1 unspecified atom stereocenters. The molecule has 0 spiro atoms. The first kappa shape index (κ1) is 24.9. The zero-order valence-electron chi connectivity index (χ0n) is 18.2. The molecule has 0 aromatic heterocycles. The number of carbonyl (C=O) groups excluding carboxylic acids is 3. The second-order valence-electron chi connectivity index (χ2n) is 8.53. The number of esters is 2. The van der Waals surface area contributed by atoms with Gasteiger partial charge in [-0.05, 0) is 40.0 Å². The fraction of sp³-hybridized carbons (Fsp3) is 0.810. The van der Waals surface area contributed by atoms with Gasteiger partial charge in [0.25, 0.3) is 0 Å². The Balaban J connectivity index is 2.66. The van der Waals surface area contributed by atoms with Crippen LogP contribution in [0.4, 0.5) is 0 Å². The molecular formula is C21H36N2O6. The van der Waals surface area contributed by atoms with Gasteiger partial charge in [0, 0.05) is 0 Å². The number of rotatable bonds is 9. The molecule has 1 aliphatic carbocycles. The molecule has 29 heavy (non-hydrogen) atoms. The van der Waals surface area contributed by atoms with Crippen LogP contribution in [-0.4, -0.2) is 36.0 Å². The van der Waals surface area contributed by atoms with Gasteiger partial charge in [-0.1, -0.05) is 50.1 Å². The van der Waals surface area contributed by atoms with Crippen LogP contribution in [-0.2, 0) is 28.7 Å². The Morgan fingerprint density at radius 3 is 2.38 bits per heavy atom.